The second-order valence-corrected chi connectivity index (χ2v) is 4.06. The Hall–Kier alpha value is -0.380. The summed E-state index contributed by atoms with van der Waals surface area (Å²) in [5.41, 5.74) is 6.67. The van der Waals surface area contributed by atoms with Crippen LogP contribution in [0.3, 0.4) is 0 Å². The van der Waals surface area contributed by atoms with E-state index < -0.39 is 0 Å². The summed E-state index contributed by atoms with van der Waals surface area (Å²) in [7, 11) is 0. The number of allylic oxidation sites excluding steroid dienone is 1. The van der Waals surface area contributed by atoms with Crippen molar-refractivity contribution < 1.29 is 0 Å². The van der Waals surface area contributed by atoms with Crippen LogP contribution in [-0.4, -0.2) is 32.7 Å². The summed E-state index contributed by atoms with van der Waals surface area (Å²) in [6, 6.07) is 0. The Kier molecular flexibility index (Phi) is 11.4. The van der Waals surface area contributed by atoms with Gasteiger partial charge in [0.1, 0.15) is 0 Å². The first-order chi connectivity index (χ1) is 7.27. The Morgan fingerprint density at radius 1 is 1.00 bits per heavy atom. The van der Waals surface area contributed by atoms with Gasteiger partial charge in [0.05, 0.1) is 0 Å². The Morgan fingerprint density at radius 2 is 1.53 bits per heavy atom. The summed E-state index contributed by atoms with van der Waals surface area (Å²) in [6.07, 6.45) is 4.61. The Labute approximate surface area is 94.5 Å². The highest BCUT2D eigenvalue weighted by Crippen LogP contribution is 1.97. The van der Waals surface area contributed by atoms with Gasteiger partial charge in [-0.05, 0) is 65.3 Å². The zero-order chi connectivity index (χ0) is 11.4. The lowest BCUT2D eigenvalue weighted by molar-refractivity contribution is 0.577. The summed E-state index contributed by atoms with van der Waals surface area (Å²) in [5.74, 6) is 0. The number of rotatable bonds is 11. The summed E-state index contributed by atoms with van der Waals surface area (Å²) in [4.78, 5) is 0. The molecule has 0 aliphatic carbocycles. The summed E-state index contributed by atoms with van der Waals surface area (Å²) in [6.45, 7) is 11.1. The van der Waals surface area contributed by atoms with Crippen LogP contribution in [0.1, 0.15) is 32.6 Å². The van der Waals surface area contributed by atoms with E-state index in [-0.39, 0.29) is 0 Å². The molecule has 0 aliphatic heterocycles. The van der Waals surface area contributed by atoms with Crippen molar-refractivity contribution in [1.29, 1.82) is 0 Å². The largest absolute Gasteiger partial charge is 0.330 e. The highest BCUT2D eigenvalue weighted by Gasteiger charge is 1.90. The maximum absolute atomic E-state index is 5.39. The molecule has 0 aromatic heterocycles. The van der Waals surface area contributed by atoms with Crippen molar-refractivity contribution in [2.45, 2.75) is 32.6 Å². The predicted octanol–water partition coefficient (Wildman–Crippen LogP) is 1.26. The van der Waals surface area contributed by atoms with Gasteiger partial charge in [-0.25, -0.2) is 0 Å². The third kappa shape index (κ3) is 13.6. The molecule has 0 aromatic rings. The van der Waals surface area contributed by atoms with E-state index >= 15 is 0 Å². The first-order valence-electron chi connectivity index (χ1n) is 6.03. The molecule has 0 aliphatic rings. The van der Waals surface area contributed by atoms with Gasteiger partial charge in [-0.3, -0.25) is 0 Å². The van der Waals surface area contributed by atoms with Crippen LogP contribution in [0.15, 0.2) is 12.2 Å². The van der Waals surface area contributed by atoms with Crippen LogP contribution in [0.25, 0.3) is 0 Å². The molecule has 3 nitrogen and oxygen atoms in total. The van der Waals surface area contributed by atoms with E-state index in [0.29, 0.717) is 0 Å². The van der Waals surface area contributed by atoms with Crippen molar-refractivity contribution in [3.05, 3.63) is 12.2 Å². The Morgan fingerprint density at radius 3 is 2.07 bits per heavy atom. The summed E-state index contributed by atoms with van der Waals surface area (Å²) < 4.78 is 0. The van der Waals surface area contributed by atoms with Crippen LogP contribution < -0.4 is 16.4 Å². The fourth-order valence-corrected chi connectivity index (χ4v) is 1.33. The number of hydrogen-bond acceptors (Lipinski definition) is 3. The highest BCUT2D eigenvalue weighted by molar-refractivity contribution is 4.87. The highest BCUT2D eigenvalue weighted by atomic mass is 14.9. The van der Waals surface area contributed by atoms with E-state index in [9.17, 15) is 0 Å². The van der Waals surface area contributed by atoms with E-state index in [4.69, 9.17) is 5.73 Å². The minimum Gasteiger partial charge on any atom is -0.330 e. The fourth-order valence-electron chi connectivity index (χ4n) is 1.33. The van der Waals surface area contributed by atoms with E-state index in [0.717, 1.165) is 45.6 Å². The second kappa shape index (κ2) is 11.7. The van der Waals surface area contributed by atoms with Crippen molar-refractivity contribution in [2.24, 2.45) is 5.73 Å². The third-order valence-electron chi connectivity index (χ3n) is 2.22. The average molecular weight is 213 g/mol. The van der Waals surface area contributed by atoms with E-state index in [1.54, 1.807) is 0 Å². The zero-order valence-corrected chi connectivity index (χ0v) is 10.1. The molecule has 0 amide bonds. The summed E-state index contributed by atoms with van der Waals surface area (Å²) in [5, 5.41) is 6.79. The monoisotopic (exact) mass is 213 g/mol. The van der Waals surface area contributed by atoms with Crippen LogP contribution in [0.2, 0.25) is 0 Å². The van der Waals surface area contributed by atoms with Crippen molar-refractivity contribution in [3.8, 4) is 0 Å². The molecule has 0 bridgehead atoms. The predicted molar refractivity (Wildman–Crippen MR) is 68.1 cm³/mol. The first kappa shape index (κ1) is 14.6. The van der Waals surface area contributed by atoms with Crippen LogP contribution in [0.5, 0.6) is 0 Å². The molecule has 0 atom stereocenters. The van der Waals surface area contributed by atoms with Crippen molar-refractivity contribution >= 4 is 0 Å². The van der Waals surface area contributed by atoms with Crippen molar-refractivity contribution in [3.63, 3.8) is 0 Å². The molecule has 0 rings (SSSR count). The Balaban J connectivity index is 2.89. The van der Waals surface area contributed by atoms with E-state index in [2.05, 4.69) is 24.1 Å². The molecule has 0 heterocycles. The van der Waals surface area contributed by atoms with Gasteiger partial charge >= 0.3 is 0 Å². The Bertz CT molecular complexity index is 146. The SMILES string of the molecule is C=C(C)CCCNCCCNCCCN. The molecule has 0 unspecified atom stereocenters. The van der Waals surface area contributed by atoms with E-state index in [1.165, 1.54) is 18.4 Å². The van der Waals surface area contributed by atoms with Crippen LogP contribution >= 0.6 is 0 Å². The number of nitrogens with one attached hydrogen (secondary N) is 2. The quantitative estimate of drug-likeness (QED) is 0.358. The van der Waals surface area contributed by atoms with Gasteiger partial charge in [-0.1, -0.05) is 5.57 Å². The van der Waals surface area contributed by atoms with Gasteiger partial charge in [0.25, 0.3) is 0 Å². The van der Waals surface area contributed by atoms with Gasteiger partial charge in [-0.2, -0.15) is 0 Å². The molecular formula is C12H27N3. The van der Waals surface area contributed by atoms with Crippen LogP contribution in [-0.2, 0) is 0 Å². The van der Waals surface area contributed by atoms with Crippen LogP contribution in [0.4, 0.5) is 0 Å². The lowest BCUT2D eigenvalue weighted by Crippen LogP contribution is -2.24. The molecule has 4 N–H and O–H groups in total. The second-order valence-electron chi connectivity index (χ2n) is 4.06. The standard InChI is InChI=1S/C12H27N3/c1-12(2)6-3-8-14-10-5-11-15-9-4-7-13/h14-15H,1,3-11,13H2,2H3. The van der Waals surface area contributed by atoms with Gasteiger partial charge < -0.3 is 16.4 Å². The molecule has 0 saturated carbocycles. The van der Waals surface area contributed by atoms with E-state index in [1.807, 2.05) is 0 Å². The number of hydrogen-bond donors (Lipinski definition) is 3. The molecule has 0 saturated heterocycles. The van der Waals surface area contributed by atoms with Gasteiger partial charge in [0.2, 0.25) is 0 Å². The van der Waals surface area contributed by atoms with Gasteiger partial charge in [0.15, 0.2) is 0 Å². The first-order valence-corrected chi connectivity index (χ1v) is 6.03. The maximum atomic E-state index is 5.39. The minimum atomic E-state index is 0.784. The summed E-state index contributed by atoms with van der Waals surface area (Å²) >= 11 is 0. The zero-order valence-electron chi connectivity index (χ0n) is 10.1. The molecule has 3 heteroatoms. The normalized spacial score (nSPS) is 10.5. The number of nitrogens with two attached hydrogens (primary N) is 1. The molecular weight excluding hydrogens is 186 g/mol. The van der Waals surface area contributed by atoms with Crippen LogP contribution in [0, 0.1) is 0 Å². The maximum Gasteiger partial charge on any atom is -0.00368 e. The third-order valence-corrected chi connectivity index (χ3v) is 2.22. The lowest BCUT2D eigenvalue weighted by Gasteiger charge is -2.05. The van der Waals surface area contributed by atoms with Gasteiger partial charge in [-0.15, -0.1) is 6.58 Å². The van der Waals surface area contributed by atoms with Crippen molar-refractivity contribution in [1.82, 2.24) is 10.6 Å². The molecule has 0 radical (unpaired) electrons. The average Bonchev–Trinajstić information content (AvgIpc) is 2.20. The van der Waals surface area contributed by atoms with Crippen molar-refractivity contribution in [2.75, 3.05) is 32.7 Å². The molecule has 0 aromatic carbocycles. The molecule has 0 fully saturated rings. The van der Waals surface area contributed by atoms with Gasteiger partial charge in [0, 0.05) is 0 Å². The topological polar surface area (TPSA) is 50.1 Å². The molecule has 90 valence electrons. The fraction of sp³-hybridized carbons (Fsp3) is 0.833. The molecule has 15 heavy (non-hydrogen) atoms. The minimum absolute atomic E-state index is 0.784. The molecule has 0 spiro atoms. The lowest BCUT2D eigenvalue weighted by atomic mass is 10.2. The smallest absolute Gasteiger partial charge is 0.00368 e.